The molecule has 6 heteroatoms. The largest absolute Gasteiger partial charge is 0.325 e. The first kappa shape index (κ1) is 18.7. The fourth-order valence-corrected chi connectivity index (χ4v) is 3.48. The zero-order valence-corrected chi connectivity index (χ0v) is 16.3. The van der Waals surface area contributed by atoms with E-state index in [0.717, 1.165) is 28.2 Å². The molecule has 0 bridgehead atoms. The van der Waals surface area contributed by atoms with Gasteiger partial charge in [-0.15, -0.1) is 16.6 Å². The monoisotopic (exact) mass is 376 g/mol. The lowest BCUT2D eigenvalue weighted by atomic mass is 10.1. The average molecular weight is 376 g/mol. The van der Waals surface area contributed by atoms with Crippen molar-refractivity contribution < 1.29 is 4.79 Å². The summed E-state index contributed by atoms with van der Waals surface area (Å²) in [5, 5.41) is 12.0. The van der Waals surface area contributed by atoms with E-state index in [2.05, 4.69) is 39.6 Å². The normalized spacial score (nSPS) is 10.4. The Kier molecular flexibility index (Phi) is 5.63. The molecular weight excluding hydrogens is 356 g/mol. The third-order valence-electron chi connectivity index (χ3n) is 4.05. The molecule has 0 unspecified atom stereocenters. The molecule has 0 saturated carbocycles. The number of terminal acetylenes is 1. The number of hydrogen-bond acceptors (Lipinski definition) is 4. The first-order valence-electron chi connectivity index (χ1n) is 8.47. The molecule has 0 aliphatic heterocycles. The van der Waals surface area contributed by atoms with E-state index in [4.69, 9.17) is 6.42 Å². The van der Waals surface area contributed by atoms with Gasteiger partial charge in [0.15, 0.2) is 5.16 Å². The summed E-state index contributed by atoms with van der Waals surface area (Å²) < 4.78 is 1.99. The van der Waals surface area contributed by atoms with E-state index >= 15 is 0 Å². The maximum Gasteiger partial charge on any atom is 0.234 e. The van der Waals surface area contributed by atoms with Crippen molar-refractivity contribution in [3.05, 3.63) is 65.0 Å². The van der Waals surface area contributed by atoms with Crippen molar-refractivity contribution in [2.75, 3.05) is 11.1 Å². The molecule has 1 aromatic heterocycles. The standard InChI is InChI=1S/C21H20N4OS/c1-5-17-7-6-8-18(12-17)22-20(26)13-27-21-24-23-16(4)25(21)19-11-14(2)9-10-15(19)3/h1,6-12H,13H2,2-4H3,(H,22,26). The molecule has 136 valence electrons. The smallest absolute Gasteiger partial charge is 0.234 e. The number of hydrogen-bond donors (Lipinski definition) is 1. The van der Waals surface area contributed by atoms with Crippen molar-refractivity contribution in [2.24, 2.45) is 0 Å². The summed E-state index contributed by atoms with van der Waals surface area (Å²) in [7, 11) is 0. The van der Waals surface area contributed by atoms with Crippen LogP contribution in [0.4, 0.5) is 5.69 Å². The first-order valence-corrected chi connectivity index (χ1v) is 9.45. The zero-order chi connectivity index (χ0) is 19.4. The van der Waals surface area contributed by atoms with E-state index in [0.29, 0.717) is 10.8 Å². The summed E-state index contributed by atoms with van der Waals surface area (Å²) in [5.74, 6) is 3.45. The fourth-order valence-electron chi connectivity index (χ4n) is 2.69. The number of rotatable bonds is 5. The lowest BCUT2D eigenvalue weighted by molar-refractivity contribution is -0.113. The maximum absolute atomic E-state index is 12.3. The molecule has 1 heterocycles. The van der Waals surface area contributed by atoms with Crippen molar-refractivity contribution >= 4 is 23.4 Å². The minimum absolute atomic E-state index is 0.123. The summed E-state index contributed by atoms with van der Waals surface area (Å²) in [5.41, 5.74) is 4.72. The van der Waals surface area contributed by atoms with E-state index in [1.54, 1.807) is 6.07 Å². The van der Waals surface area contributed by atoms with Crippen LogP contribution in [0, 0.1) is 33.1 Å². The van der Waals surface area contributed by atoms with Gasteiger partial charge in [0.1, 0.15) is 5.82 Å². The second-order valence-electron chi connectivity index (χ2n) is 6.22. The zero-order valence-electron chi connectivity index (χ0n) is 15.5. The Morgan fingerprint density at radius 3 is 2.78 bits per heavy atom. The number of amides is 1. The molecule has 1 N–H and O–H groups in total. The second-order valence-corrected chi connectivity index (χ2v) is 7.16. The van der Waals surface area contributed by atoms with Gasteiger partial charge in [0.25, 0.3) is 0 Å². The molecule has 0 aliphatic carbocycles. The van der Waals surface area contributed by atoms with Crippen LogP contribution in [0.1, 0.15) is 22.5 Å². The third kappa shape index (κ3) is 4.39. The Hall–Kier alpha value is -3.04. The Bertz CT molecular complexity index is 1030. The van der Waals surface area contributed by atoms with Crippen LogP contribution in [0.15, 0.2) is 47.6 Å². The highest BCUT2D eigenvalue weighted by Crippen LogP contribution is 2.25. The number of thioether (sulfide) groups is 1. The minimum Gasteiger partial charge on any atom is -0.325 e. The average Bonchev–Trinajstić information content (AvgIpc) is 3.02. The molecule has 2 aromatic carbocycles. The van der Waals surface area contributed by atoms with Crippen LogP contribution >= 0.6 is 11.8 Å². The van der Waals surface area contributed by atoms with Gasteiger partial charge in [0, 0.05) is 11.3 Å². The van der Waals surface area contributed by atoms with Gasteiger partial charge in [0.2, 0.25) is 5.91 Å². The summed E-state index contributed by atoms with van der Waals surface area (Å²) >= 11 is 1.35. The number of aryl methyl sites for hydroxylation is 3. The highest BCUT2D eigenvalue weighted by Gasteiger charge is 2.15. The van der Waals surface area contributed by atoms with Gasteiger partial charge in [-0.2, -0.15) is 0 Å². The molecule has 27 heavy (non-hydrogen) atoms. The van der Waals surface area contributed by atoms with Crippen molar-refractivity contribution in [3.8, 4) is 18.0 Å². The molecule has 0 saturated heterocycles. The summed E-state index contributed by atoms with van der Waals surface area (Å²) in [4.78, 5) is 12.3. The SMILES string of the molecule is C#Cc1cccc(NC(=O)CSc2nnc(C)n2-c2cc(C)ccc2C)c1. The molecule has 3 aromatic rings. The van der Waals surface area contributed by atoms with Crippen LogP contribution < -0.4 is 5.32 Å². The Labute approximate surface area is 163 Å². The van der Waals surface area contributed by atoms with E-state index in [9.17, 15) is 4.79 Å². The predicted molar refractivity (Wildman–Crippen MR) is 109 cm³/mol. The maximum atomic E-state index is 12.3. The van der Waals surface area contributed by atoms with Gasteiger partial charge in [-0.3, -0.25) is 9.36 Å². The van der Waals surface area contributed by atoms with Crippen molar-refractivity contribution in [3.63, 3.8) is 0 Å². The van der Waals surface area contributed by atoms with E-state index in [1.165, 1.54) is 11.8 Å². The van der Waals surface area contributed by atoms with Crippen LogP contribution in [0.25, 0.3) is 5.69 Å². The molecule has 0 radical (unpaired) electrons. The van der Waals surface area contributed by atoms with Crippen LogP contribution in [0.3, 0.4) is 0 Å². The lowest BCUT2D eigenvalue weighted by Crippen LogP contribution is -2.14. The number of carbonyl (C=O) groups is 1. The Morgan fingerprint density at radius 2 is 2.00 bits per heavy atom. The lowest BCUT2D eigenvalue weighted by Gasteiger charge is -2.12. The number of benzene rings is 2. The topological polar surface area (TPSA) is 59.8 Å². The number of carbonyl (C=O) groups excluding carboxylic acids is 1. The first-order chi connectivity index (χ1) is 13.0. The van der Waals surface area contributed by atoms with Crippen molar-refractivity contribution in [1.29, 1.82) is 0 Å². The number of nitrogens with zero attached hydrogens (tertiary/aromatic N) is 3. The molecular formula is C21H20N4OS. The van der Waals surface area contributed by atoms with Gasteiger partial charge in [-0.05, 0) is 56.2 Å². The summed E-state index contributed by atoms with van der Waals surface area (Å²) in [6, 6.07) is 13.5. The fraction of sp³-hybridized carbons (Fsp3) is 0.190. The van der Waals surface area contributed by atoms with Crippen molar-refractivity contribution in [1.82, 2.24) is 14.8 Å². The Balaban J connectivity index is 1.74. The molecule has 1 amide bonds. The highest BCUT2D eigenvalue weighted by molar-refractivity contribution is 7.99. The molecule has 0 aliphatic rings. The second kappa shape index (κ2) is 8.11. The van der Waals surface area contributed by atoms with Gasteiger partial charge >= 0.3 is 0 Å². The van der Waals surface area contributed by atoms with Crippen molar-refractivity contribution in [2.45, 2.75) is 25.9 Å². The van der Waals surface area contributed by atoms with E-state index in [1.807, 2.05) is 43.5 Å². The van der Waals surface area contributed by atoms with E-state index in [-0.39, 0.29) is 11.7 Å². The molecule has 0 fully saturated rings. The van der Waals surface area contributed by atoms with Crippen LogP contribution in [0.5, 0.6) is 0 Å². The minimum atomic E-state index is -0.123. The molecule has 0 atom stereocenters. The number of nitrogens with one attached hydrogen (secondary N) is 1. The quantitative estimate of drug-likeness (QED) is 0.542. The van der Waals surface area contributed by atoms with Gasteiger partial charge in [0.05, 0.1) is 11.4 Å². The summed E-state index contributed by atoms with van der Waals surface area (Å²) in [6.45, 7) is 6.01. The van der Waals surface area contributed by atoms with Gasteiger partial charge in [-0.25, -0.2) is 0 Å². The third-order valence-corrected chi connectivity index (χ3v) is 4.98. The highest BCUT2D eigenvalue weighted by atomic mass is 32.2. The Morgan fingerprint density at radius 1 is 1.19 bits per heavy atom. The number of anilines is 1. The van der Waals surface area contributed by atoms with Crippen LogP contribution in [-0.4, -0.2) is 26.4 Å². The van der Waals surface area contributed by atoms with Gasteiger partial charge < -0.3 is 5.32 Å². The molecule has 0 spiro atoms. The van der Waals surface area contributed by atoms with E-state index < -0.39 is 0 Å². The predicted octanol–water partition coefficient (Wildman–Crippen LogP) is 3.90. The molecule has 5 nitrogen and oxygen atoms in total. The molecule has 3 rings (SSSR count). The number of aromatic nitrogens is 3. The van der Waals surface area contributed by atoms with Crippen LogP contribution in [-0.2, 0) is 4.79 Å². The van der Waals surface area contributed by atoms with Crippen LogP contribution in [0.2, 0.25) is 0 Å². The summed E-state index contributed by atoms with van der Waals surface area (Å²) in [6.07, 6.45) is 5.40. The van der Waals surface area contributed by atoms with Gasteiger partial charge in [-0.1, -0.05) is 35.9 Å².